The molecule has 0 saturated heterocycles. The minimum atomic E-state index is -0.0617. The molecule has 2 N–H and O–H groups in total. The molecule has 0 aliphatic heterocycles. The second-order valence-electron chi connectivity index (χ2n) is 4.46. The number of furan rings is 1. The van der Waals surface area contributed by atoms with Crippen LogP contribution in [0.2, 0.25) is 0 Å². The molecule has 1 unspecified atom stereocenters. The summed E-state index contributed by atoms with van der Waals surface area (Å²) in [6, 6.07) is 8.03. The maximum atomic E-state index is 8.91. The minimum absolute atomic E-state index is 0.0617. The molecular formula is C14H19NO2. The van der Waals surface area contributed by atoms with Gasteiger partial charge < -0.3 is 9.62 Å². The largest absolute Gasteiger partial charge is 0.461 e. The lowest BCUT2D eigenvalue weighted by Crippen LogP contribution is -2.12. The predicted octanol–water partition coefficient (Wildman–Crippen LogP) is 3.82. The summed E-state index contributed by atoms with van der Waals surface area (Å²) in [4.78, 5) is 0. The van der Waals surface area contributed by atoms with E-state index in [-0.39, 0.29) is 6.04 Å². The van der Waals surface area contributed by atoms with E-state index in [0.29, 0.717) is 0 Å². The predicted molar refractivity (Wildman–Crippen MR) is 68.2 cm³/mol. The third-order valence-corrected chi connectivity index (χ3v) is 3.06. The fourth-order valence-corrected chi connectivity index (χ4v) is 1.93. The first-order valence-electron chi connectivity index (χ1n) is 6.16. The fraction of sp³-hybridized carbons (Fsp3) is 0.429. The lowest BCUT2D eigenvalue weighted by atomic mass is 10.1. The molecule has 0 aliphatic carbocycles. The highest BCUT2D eigenvalue weighted by Gasteiger charge is 2.07. The number of hydrogen-bond donors (Lipinski definition) is 2. The van der Waals surface area contributed by atoms with Crippen LogP contribution in [-0.2, 0) is 6.42 Å². The number of nitrogens with one attached hydrogen (secondary N) is 1. The van der Waals surface area contributed by atoms with E-state index in [9.17, 15) is 0 Å². The topological polar surface area (TPSA) is 45.4 Å². The van der Waals surface area contributed by atoms with Gasteiger partial charge in [0.25, 0.3) is 0 Å². The minimum Gasteiger partial charge on any atom is -0.461 e. The van der Waals surface area contributed by atoms with Crippen molar-refractivity contribution in [1.82, 2.24) is 5.48 Å². The smallest absolute Gasteiger partial charge is 0.134 e. The summed E-state index contributed by atoms with van der Waals surface area (Å²) in [5, 5.41) is 10.0. The SMILES string of the molecule is CCCCc1cc2cc(C(C)NO)ccc2o1. The molecule has 0 aliphatic rings. The lowest BCUT2D eigenvalue weighted by molar-refractivity contribution is 0.133. The maximum absolute atomic E-state index is 8.91. The van der Waals surface area contributed by atoms with Crippen molar-refractivity contribution in [2.24, 2.45) is 0 Å². The summed E-state index contributed by atoms with van der Waals surface area (Å²) >= 11 is 0. The number of hydroxylamine groups is 1. The van der Waals surface area contributed by atoms with Crippen LogP contribution in [-0.4, -0.2) is 5.21 Å². The van der Waals surface area contributed by atoms with Crippen molar-refractivity contribution in [3.8, 4) is 0 Å². The van der Waals surface area contributed by atoms with Crippen LogP contribution in [0.25, 0.3) is 11.0 Å². The Morgan fingerprint density at radius 2 is 2.18 bits per heavy atom. The molecule has 0 spiro atoms. The summed E-state index contributed by atoms with van der Waals surface area (Å²) < 4.78 is 5.76. The Balaban J connectivity index is 2.27. The van der Waals surface area contributed by atoms with Crippen LogP contribution >= 0.6 is 0 Å². The average molecular weight is 233 g/mol. The van der Waals surface area contributed by atoms with Crippen molar-refractivity contribution < 1.29 is 9.62 Å². The molecule has 3 heteroatoms. The lowest BCUT2D eigenvalue weighted by Gasteiger charge is -2.08. The quantitative estimate of drug-likeness (QED) is 0.772. The third kappa shape index (κ3) is 2.68. The van der Waals surface area contributed by atoms with Gasteiger partial charge in [0.15, 0.2) is 0 Å². The van der Waals surface area contributed by atoms with Crippen molar-refractivity contribution in [3.05, 3.63) is 35.6 Å². The molecule has 0 fully saturated rings. The summed E-state index contributed by atoms with van der Waals surface area (Å²) in [5.41, 5.74) is 4.24. The first-order valence-corrected chi connectivity index (χ1v) is 6.16. The van der Waals surface area contributed by atoms with Crippen LogP contribution < -0.4 is 5.48 Å². The van der Waals surface area contributed by atoms with Gasteiger partial charge in [0.2, 0.25) is 0 Å². The molecule has 0 bridgehead atoms. The zero-order chi connectivity index (χ0) is 12.3. The highest BCUT2D eigenvalue weighted by Crippen LogP contribution is 2.24. The van der Waals surface area contributed by atoms with Crippen molar-refractivity contribution in [3.63, 3.8) is 0 Å². The third-order valence-electron chi connectivity index (χ3n) is 3.06. The van der Waals surface area contributed by atoms with E-state index in [4.69, 9.17) is 9.62 Å². The van der Waals surface area contributed by atoms with Crippen molar-refractivity contribution >= 4 is 11.0 Å². The Kier molecular flexibility index (Phi) is 3.82. The number of aryl methyl sites for hydroxylation is 1. The second-order valence-corrected chi connectivity index (χ2v) is 4.46. The van der Waals surface area contributed by atoms with Gasteiger partial charge >= 0.3 is 0 Å². The van der Waals surface area contributed by atoms with Gasteiger partial charge in [-0.15, -0.1) is 0 Å². The van der Waals surface area contributed by atoms with Gasteiger partial charge in [0, 0.05) is 11.8 Å². The van der Waals surface area contributed by atoms with Crippen LogP contribution in [0.3, 0.4) is 0 Å². The fourth-order valence-electron chi connectivity index (χ4n) is 1.93. The highest BCUT2D eigenvalue weighted by atomic mass is 16.5. The summed E-state index contributed by atoms with van der Waals surface area (Å²) in [6.45, 7) is 4.09. The van der Waals surface area contributed by atoms with Crippen molar-refractivity contribution in [2.75, 3.05) is 0 Å². The van der Waals surface area contributed by atoms with E-state index in [1.54, 1.807) is 0 Å². The molecule has 3 nitrogen and oxygen atoms in total. The standard InChI is InChI=1S/C14H19NO2/c1-3-4-5-13-9-12-8-11(10(2)15-16)6-7-14(12)17-13/h6-10,15-16H,3-5H2,1-2H3. The zero-order valence-electron chi connectivity index (χ0n) is 10.4. The Bertz CT molecular complexity index is 490. The van der Waals surface area contributed by atoms with Gasteiger partial charge in [-0.2, -0.15) is 5.48 Å². The Morgan fingerprint density at radius 1 is 1.35 bits per heavy atom. The zero-order valence-corrected chi connectivity index (χ0v) is 10.4. The van der Waals surface area contributed by atoms with E-state index in [1.165, 1.54) is 6.42 Å². The first kappa shape index (κ1) is 12.1. The van der Waals surface area contributed by atoms with Gasteiger partial charge in [-0.05, 0) is 37.1 Å². The molecular weight excluding hydrogens is 214 g/mol. The molecule has 1 aromatic carbocycles. The molecule has 1 aromatic heterocycles. The van der Waals surface area contributed by atoms with Crippen LogP contribution in [0.4, 0.5) is 0 Å². The first-order chi connectivity index (χ1) is 8.24. The molecule has 2 rings (SSSR count). The average Bonchev–Trinajstić information content (AvgIpc) is 2.76. The molecule has 2 aromatic rings. The van der Waals surface area contributed by atoms with E-state index in [0.717, 1.165) is 35.1 Å². The van der Waals surface area contributed by atoms with Crippen molar-refractivity contribution in [2.45, 2.75) is 39.2 Å². The van der Waals surface area contributed by atoms with Gasteiger partial charge in [-0.25, -0.2) is 0 Å². The Hall–Kier alpha value is -1.32. The number of hydrogen-bond acceptors (Lipinski definition) is 3. The molecule has 1 heterocycles. The maximum Gasteiger partial charge on any atom is 0.134 e. The highest BCUT2D eigenvalue weighted by molar-refractivity contribution is 5.78. The summed E-state index contributed by atoms with van der Waals surface area (Å²) in [5.74, 6) is 1.05. The van der Waals surface area contributed by atoms with Crippen LogP contribution in [0.15, 0.2) is 28.7 Å². The molecule has 1 atom stereocenters. The summed E-state index contributed by atoms with van der Waals surface area (Å²) in [6.07, 6.45) is 3.32. The number of rotatable bonds is 5. The van der Waals surface area contributed by atoms with Gasteiger partial charge in [0.1, 0.15) is 11.3 Å². The number of benzene rings is 1. The number of fused-ring (bicyclic) bond motifs is 1. The Labute approximate surface area is 101 Å². The molecule has 0 amide bonds. The van der Waals surface area contributed by atoms with E-state index < -0.39 is 0 Å². The molecule has 17 heavy (non-hydrogen) atoms. The van der Waals surface area contributed by atoms with E-state index in [1.807, 2.05) is 19.1 Å². The van der Waals surface area contributed by atoms with Crippen molar-refractivity contribution in [1.29, 1.82) is 0 Å². The monoisotopic (exact) mass is 233 g/mol. The number of unbranched alkanes of at least 4 members (excludes halogenated alkanes) is 1. The Morgan fingerprint density at radius 3 is 2.88 bits per heavy atom. The van der Waals surface area contributed by atoms with Gasteiger partial charge in [0.05, 0.1) is 6.04 Å². The van der Waals surface area contributed by atoms with E-state index in [2.05, 4.69) is 24.5 Å². The molecule has 0 saturated carbocycles. The van der Waals surface area contributed by atoms with Crippen LogP contribution in [0.1, 0.15) is 44.1 Å². The van der Waals surface area contributed by atoms with Gasteiger partial charge in [-0.3, -0.25) is 0 Å². The molecule has 92 valence electrons. The summed E-state index contributed by atoms with van der Waals surface area (Å²) in [7, 11) is 0. The normalized spacial score (nSPS) is 13.1. The van der Waals surface area contributed by atoms with Gasteiger partial charge in [-0.1, -0.05) is 19.4 Å². The molecule has 0 radical (unpaired) electrons. The van der Waals surface area contributed by atoms with Crippen LogP contribution in [0.5, 0.6) is 0 Å². The second kappa shape index (κ2) is 5.34. The van der Waals surface area contributed by atoms with Crippen LogP contribution in [0, 0.1) is 0 Å². The van der Waals surface area contributed by atoms with E-state index >= 15 is 0 Å².